The van der Waals surface area contributed by atoms with Gasteiger partial charge in [0.2, 0.25) is 0 Å². The van der Waals surface area contributed by atoms with Crippen LogP contribution >= 0.6 is 11.8 Å². The molecule has 140 valence electrons. The van der Waals surface area contributed by atoms with Gasteiger partial charge in [0.15, 0.2) is 11.0 Å². The number of ether oxygens (including phenoxy) is 1. The van der Waals surface area contributed by atoms with Gasteiger partial charge in [-0.05, 0) is 36.8 Å². The highest BCUT2D eigenvalue weighted by Crippen LogP contribution is 2.28. The quantitative estimate of drug-likeness (QED) is 0.387. The SMILES string of the molecule is C=CCn1c(SCc2ccc(C)cc2)nnc1-c1ccc(OC(F)F)cc1. The summed E-state index contributed by atoms with van der Waals surface area (Å²) in [6, 6.07) is 14.7. The molecule has 0 atom stereocenters. The first-order chi connectivity index (χ1) is 13.1. The van der Waals surface area contributed by atoms with Gasteiger partial charge in [-0.3, -0.25) is 4.57 Å². The highest BCUT2D eigenvalue weighted by molar-refractivity contribution is 7.98. The lowest BCUT2D eigenvalue weighted by Gasteiger charge is -2.09. The predicted molar refractivity (Wildman–Crippen MR) is 103 cm³/mol. The summed E-state index contributed by atoms with van der Waals surface area (Å²) < 4.78 is 30.9. The first-order valence-electron chi connectivity index (χ1n) is 8.34. The van der Waals surface area contributed by atoms with E-state index >= 15 is 0 Å². The van der Waals surface area contributed by atoms with Gasteiger partial charge in [0.1, 0.15) is 5.75 Å². The van der Waals surface area contributed by atoms with Crippen molar-refractivity contribution >= 4 is 11.8 Å². The van der Waals surface area contributed by atoms with Crippen LogP contribution in [0, 0.1) is 6.92 Å². The van der Waals surface area contributed by atoms with Crippen molar-refractivity contribution in [3.05, 3.63) is 72.3 Å². The highest BCUT2D eigenvalue weighted by atomic mass is 32.2. The summed E-state index contributed by atoms with van der Waals surface area (Å²) >= 11 is 1.59. The molecule has 0 aliphatic heterocycles. The van der Waals surface area contributed by atoms with E-state index in [9.17, 15) is 8.78 Å². The maximum atomic E-state index is 12.3. The van der Waals surface area contributed by atoms with Crippen molar-refractivity contribution in [1.82, 2.24) is 14.8 Å². The van der Waals surface area contributed by atoms with Crippen LogP contribution < -0.4 is 4.74 Å². The molecule has 0 radical (unpaired) electrons. The molecule has 27 heavy (non-hydrogen) atoms. The van der Waals surface area contributed by atoms with Gasteiger partial charge in [0, 0.05) is 17.9 Å². The number of allylic oxidation sites excluding steroid dienone is 1. The summed E-state index contributed by atoms with van der Waals surface area (Å²) in [6.07, 6.45) is 1.77. The molecule has 3 rings (SSSR count). The number of alkyl halides is 2. The van der Waals surface area contributed by atoms with Crippen molar-refractivity contribution in [3.8, 4) is 17.1 Å². The largest absolute Gasteiger partial charge is 0.435 e. The van der Waals surface area contributed by atoms with Crippen LogP contribution in [0.1, 0.15) is 11.1 Å². The van der Waals surface area contributed by atoms with E-state index in [2.05, 4.69) is 52.7 Å². The van der Waals surface area contributed by atoms with Crippen LogP contribution in [0.15, 0.2) is 66.3 Å². The molecule has 1 aromatic heterocycles. The van der Waals surface area contributed by atoms with Gasteiger partial charge in [0.05, 0.1) is 0 Å². The Labute approximate surface area is 160 Å². The van der Waals surface area contributed by atoms with Crippen molar-refractivity contribution in [1.29, 1.82) is 0 Å². The number of hydrogen-bond acceptors (Lipinski definition) is 4. The molecule has 3 aromatic rings. The minimum atomic E-state index is -2.84. The fourth-order valence-electron chi connectivity index (χ4n) is 2.52. The van der Waals surface area contributed by atoms with Crippen LogP contribution in [0.2, 0.25) is 0 Å². The first-order valence-corrected chi connectivity index (χ1v) is 9.33. The van der Waals surface area contributed by atoms with E-state index in [-0.39, 0.29) is 5.75 Å². The lowest BCUT2D eigenvalue weighted by Crippen LogP contribution is -2.02. The lowest BCUT2D eigenvalue weighted by molar-refractivity contribution is -0.0498. The Balaban J connectivity index is 1.80. The molecule has 0 aliphatic rings. The van der Waals surface area contributed by atoms with Crippen LogP contribution in [-0.4, -0.2) is 21.4 Å². The van der Waals surface area contributed by atoms with Gasteiger partial charge in [-0.2, -0.15) is 8.78 Å². The molecule has 0 fully saturated rings. The minimum absolute atomic E-state index is 0.109. The van der Waals surface area contributed by atoms with E-state index in [4.69, 9.17) is 0 Å². The second kappa shape index (κ2) is 8.81. The van der Waals surface area contributed by atoms with Gasteiger partial charge < -0.3 is 4.74 Å². The van der Waals surface area contributed by atoms with E-state index in [0.29, 0.717) is 12.4 Å². The molecule has 0 saturated carbocycles. The molecule has 0 N–H and O–H groups in total. The number of halogens is 2. The number of thioether (sulfide) groups is 1. The van der Waals surface area contributed by atoms with E-state index in [1.165, 1.54) is 23.3 Å². The molecule has 0 amide bonds. The van der Waals surface area contributed by atoms with Gasteiger partial charge in [0.25, 0.3) is 0 Å². The molecular formula is C20H19F2N3OS. The topological polar surface area (TPSA) is 39.9 Å². The zero-order valence-electron chi connectivity index (χ0n) is 14.8. The summed E-state index contributed by atoms with van der Waals surface area (Å²) in [5.74, 6) is 1.54. The summed E-state index contributed by atoms with van der Waals surface area (Å²) in [7, 11) is 0. The van der Waals surface area contributed by atoms with Gasteiger partial charge >= 0.3 is 6.61 Å². The Morgan fingerprint density at radius 2 is 1.81 bits per heavy atom. The standard InChI is InChI=1S/C20H19F2N3OS/c1-3-12-25-18(16-8-10-17(11-9-16)26-19(21)22)23-24-20(25)27-13-15-6-4-14(2)5-7-15/h3-11,19H,1,12-13H2,2H3. The van der Waals surface area contributed by atoms with E-state index in [0.717, 1.165) is 16.5 Å². The number of hydrogen-bond donors (Lipinski definition) is 0. The summed E-state index contributed by atoms with van der Waals surface area (Å²) in [6.45, 7) is 3.56. The van der Waals surface area contributed by atoms with Crippen LogP contribution in [0.4, 0.5) is 8.78 Å². The van der Waals surface area contributed by atoms with Gasteiger partial charge in [-0.15, -0.1) is 16.8 Å². The Bertz CT molecular complexity index is 893. The Kier molecular flexibility index (Phi) is 6.24. The molecule has 0 aliphatic carbocycles. The summed E-state index contributed by atoms with van der Waals surface area (Å²) in [4.78, 5) is 0. The molecule has 0 unspecified atom stereocenters. The summed E-state index contributed by atoms with van der Waals surface area (Å²) in [5.41, 5.74) is 3.20. The van der Waals surface area contributed by atoms with Crippen LogP contribution in [0.5, 0.6) is 5.75 Å². The molecule has 7 heteroatoms. The Morgan fingerprint density at radius 3 is 2.44 bits per heavy atom. The minimum Gasteiger partial charge on any atom is -0.435 e. The third-order valence-electron chi connectivity index (χ3n) is 3.85. The predicted octanol–water partition coefficient (Wildman–Crippen LogP) is 5.33. The number of aryl methyl sites for hydroxylation is 1. The van der Waals surface area contributed by atoms with Crippen LogP contribution in [0.3, 0.4) is 0 Å². The van der Waals surface area contributed by atoms with Gasteiger partial charge in [-0.1, -0.05) is 47.7 Å². The maximum absolute atomic E-state index is 12.3. The van der Waals surface area contributed by atoms with E-state index in [1.54, 1.807) is 30.0 Å². The van der Waals surface area contributed by atoms with E-state index in [1.807, 2.05) is 4.57 Å². The fraction of sp³-hybridized carbons (Fsp3) is 0.200. The lowest BCUT2D eigenvalue weighted by atomic mass is 10.2. The second-order valence-electron chi connectivity index (χ2n) is 5.88. The molecule has 1 heterocycles. The average Bonchev–Trinajstić information content (AvgIpc) is 3.04. The zero-order chi connectivity index (χ0) is 19.2. The fourth-order valence-corrected chi connectivity index (χ4v) is 3.42. The van der Waals surface area contributed by atoms with Crippen molar-refractivity contribution in [2.45, 2.75) is 31.0 Å². The van der Waals surface area contributed by atoms with E-state index < -0.39 is 6.61 Å². The van der Waals surface area contributed by atoms with Crippen molar-refractivity contribution in [2.75, 3.05) is 0 Å². The van der Waals surface area contributed by atoms with Crippen LogP contribution in [0.25, 0.3) is 11.4 Å². The second-order valence-corrected chi connectivity index (χ2v) is 6.83. The number of nitrogens with zero attached hydrogens (tertiary/aromatic N) is 3. The molecule has 2 aromatic carbocycles. The normalized spacial score (nSPS) is 11.0. The Morgan fingerprint density at radius 1 is 1.11 bits per heavy atom. The van der Waals surface area contributed by atoms with Crippen molar-refractivity contribution < 1.29 is 13.5 Å². The highest BCUT2D eigenvalue weighted by Gasteiger charge is 2.14. The molecule has 0 bridgehead atoms. The third-order valence-corrected chi connectivity index (χ3v) is 4.89. The molecule has 4 nitrogen and oxygen atoms in total. The summed E-state index contributed by atoms with van der Waals surface area (Å²) in [5, 5.41) is 9.35. The number of rotatable bonds is 8. The van der Waals surface area contributed by atoms with Crippen molar-refractivity contribution in [3.63, 3.8) is 0 Å². The molecular weight excluding hydrogens is 368 g/mol. The van der Waals surface area contributed by atoms with Crippen molar-refractivity contribution in [2.24, 2.45) is 0 Å². The number of aromatic nitrogens is 3. The smallest absolute Gasteiger partial charge is 0.387 e. The Hall–Kier alpha value is -2.67. The molecule has 0 spiro atoms. The monoisotopic (exact) mass is 387 g/mol. The average molecular weight is 387 g/mol. The van der Waals surface area contributed by atoms with Gasteiger partial charge in [-0.25, -0.2) is 0 Å². The first kappa shape index (κ1) is 19.1. The number of benzene rings is 2. The maximum Gasteiger partial charge on any atom is 0.387 e. The van der Waals surface area contributed by atoms with Crippen LogP contribution in [-0.2, 0) is 12.3 Å². The zero-order valence-corrected chi connectivity index (χ0v) is 15.6. The third kappa shape index (κ3) is 4.95. The molecule has 0 saturated heterocycles.